The molecule has 2 rings (SSSR count). The third-order valence-electron chi connectivity index (χ3n) is 4.68. The van der Waals surface area contributed by atoms with E-state index in [1.165, 1.54) is 0 Å². The number of amides is 2. The van der Waals surface area contributed by atoms with Gasteiger partial charge in [-0.3, -0.25) is 9.59 Å². The molecular weight excluding hydrogens is 372 g/mol. The minimum atomic E-state index is -0.562. The van der Waals surface area contributed by atoms with Crippen LogP contribution in [0.2, 0.25) is 5.02 Å². The third-order valence-corrected chi connectivity index (χ3v) is 4.91. The number of nitrogens with zero attached hydrogens (tertiary/aromatic N) is 1. The lowest BCUT2D eigenvalue weighted by molar-refractivity contribution is -0.140. The number of nitrogens with one attached hydrogen (secondary N) is 1. The van der Waals surface area contributed by atoms with Crippen molar-refractivity contribution < 1.29 is 9.59 Å². The number of halogens is 1. The summed E-state index contributed by atoms with van der Waals surface area (Å²) in [5.41, 5.74) is 2.95. The fourth-order valence-corrected chi connectivity index (χ4v) is 3.26. The molecule has 0 radical (unpaired) electrons. The molecule has 0 aliphatic carbocycles. The Morgan fingerprint density at radius 3 is 2.50 bits per heavy atom. The van der Waals surface area contributed by atoms with E-state index in [9.17, 15) is 9.59 Å². The highest BCUT2D eigenvalue weighted by molar-refractivity contribution is 6.30. The summed E-state index contributed by atoms with van der Waals surface area (Å²) in [6, 6.07) is 14.7. The van der Waals surface area contributed by atoms with Gasteiger partial charge in [0, 0.05) is 18.1 Å². The van der Waals surface area contributed by atoms with Crippen LogP contribution in [0.3, 0.4) is 0 Å². The summed E-state index contributed by atoms with van der Waals surface area (Å²) < 4.78 is 0. The Kier molecular flexibility index (Phi) is 8.52. The number of hydrogen-bond donors (Lipinski definition) is 1. The molecule has 2 amide bonds. The van der Waals surface area contributed by atoms with Gasteiger partial charge in [-0.15, -0.1) is 0 Å². The van der Waals surface area contributed by atoms with Crippen LogP contribution in [0.25, 0.3) is 0 Å². The van der Waals surface area contributed by atoms with Gasteiger partial charge < -0.3 is 10.2 Å². The standard InChI is InChI=1S/C23H29ClN2O2/c1-4-5-12-25-23(28)18(3)26(16-20-10-7-11-21(24)14-20)22(27)15-19-9-6-8-17(2)13-19/h6-11,13-14,18H,4-5,12,15-16H2,1-3H3,(H,25,28). The lowest BCUT2D eigenvalue weighted by Gasteiger charge is -2.29. The Morgan fingerprint density at radius 2 is 1.82 bits per heavy atom. The Morgan fingerprint density at radius 1 is 1.11 bits per heavy atom. The lowest BCUT2D eigenvalue weighted by Crippen LogP contribution is -2.48. The second-order valence-electron chi connectivity index (χ2n) is 7.14. The number of hydrogen-bond acceptors (Lipinski definition) is 2. The smallest absolute Gasteiger partial charge is 0.242 e. The van der Waals surface area contributed by atoms with Gasteiger partial charge in [-0.1, -0.05) is 66.9 Å². The van der Waals surface area contributed by atoms with E-state index in [0.717, 1.165) is 29.5 Å². The van der Waals surface area contributed by atoms with Crippen LogP contribution in [-0.4, -0.2) is 29.3 Å². The van der Waals surface area contributed by atoms with E-state index >= 15 is 0 Å². The van der Waals surface area contributed by atoms with Crippen LogP contribution in [0, 0.1) is 6.92 Å². The highest BCUT2D eigenvalue weighted by Crippen LogP contribution is 2.16. The minimum absolute atomic E-state index is 0.0799. The molecule has 0 saturated carbocycles. The van der Waals surface area contributed by atoms with Crippen molar-refractivity contribution in [2.24, 2.45) is 0 Å². The molecule has 4 nitrogen and oxygen atoms in total. The molecule has 0 bridgehead atoms. The molecule has 0 aliphatic rings. The molecule has 5 heteroatoms. The van der Waals surface area contributed by atoms with Crippen LogP contribution in [0.15, 0.2) is 48.5 Å². The van der Waals surface area contributed by atoms with Gasteiger partial charge in [0.15, 0.2) is 0 Å². The SMILES string of the molecule is CCCCNC(=O)C(C)N(Cc1cccc(Cl)c1)C(=O)Cc1cccc(C)c1. The van der Waals surface area contributed by atoms with Crippen molar-refractivity contribution in [1.82, 2.24) is 10.2 Å². The van der Waals surface area contributed by atoms with Crippen LogP contribution < -0.4 is 5.32 Å². The molecule has 0 spiro atoms. The summed E-state index contributed by atoms with van der Waals surface area (Å²) in [6.07, 6.45) is 2.19. The van der Waals surface area contributed by atoms with Gasteiger partial charge in [0.2, 0.25) is 11.8 Å². The van der Waals surface area contributed by atoms with Gasteiger partial charge in [-0.05, 0) is 43.5 Å². The molecule has 0 aromatic heterocycles. The Hall–Kier alpha value is -2.33. The molecular formula is C23H29ClN2O2. The van der Waals surface area contributed by atoms with Crippen molar-refractivity contribution in [3.8, 4) is 0 Å². The second kappa shape index (κ2) is 10.9. The highest BCUT2D eigenvalue weighted by atomic mass is 35.5. The second-order valence-corrected chi connectivity index (χ2v) is 7.57. The van der Waals surface area contributed by atoms with Crippen molar-refractivity contribution >= 4 is 23.4 Å². The number of unbranched alkanes of at least 4 members (excludes halogenated alkanes) is 1. The zero-order valence-corrected chi connectivity index (χ0v) is 17.6. The maximum absolute atomic E-state index is 13.1. The van der Waals surface area contributed by atoms with E-state index in [2.05, 4.69) is 12.2 Å². The first kappa shape index (κ1) is 22.0. The van der Waals surface area contributed by atoms with Gasteiger partial charge in [0.25, 0.3) is 0 Å². The monoisotopic (exact) mass is 400 g/mol. The number of carbonyl (C=O) groups is 2. The highest BCUT2D eigenvalue weighted by Gasteiger charge is 2.26. The number of benzene rings is 2. The molecule has 1 unspecified atom stereocenters. The summed E-state index contributed by atoms with van der Waals surface area (Å²) in [5.74, 6) is -0.211. The largest absolute Gasteiger partial charge is 0.354 e. The molecule has 1 atom stereocenters. The average Bonchev–Trinajstić information content (AvgIpc) is 2.65. The van der Waals surface area contributed by atoms with Gasteiger partial charge in [0.05, 0.1) is 6.42 Å². The van der Waals surface area contributed by atoms with Crippen LogP contribution in [0.1, 0.15) is 43.4 Å². The fraction of sp³-hybridized carbons (Fsp3) is 0.391. The van der Waals surface area contributed by atoms with Gasteiger partial charge in [-0.25, -0.2) is 0 Å². The zero-order valence-electron chi connectivity index (χ0n) is 16.9. The first-order valence-corrected chi connectivity index (χ1v) is 10.2. The van der Waals surface area contributed by atoms with E-state index < -0.39 is 6.04 Å². The summed E-state index contributed by atoms with van der Waals surface area (Å²) >= 11 is 6.10. The number of aryl methyl sites for hydroxylation is 1. The van der Waals surface area contributed by atoms with Crippen LogP contribution in [-0.2, 0) is 22.6 Å². The van der Waals surface area contributed by atoms with Crippen LogP contribution in [0.5, 0.6) is 0 Å². The van der Waals surface area contributed by atoms with E-state index in [4.69, 9.17) is 11.6 Å². The fourth-order valence-electron chi connectivity index (χ4n) is 3.05. The van der Waals surface area contributed by atoms with Gasteiger partial charge >= 0.3 is 0 Å². The van der Waals surface area contributed by atoms with Crippen molar-refractivity contribution in [2.45, 2.75) is 52.6 Å². The van der Waals surface area contributed by atoms with Crippen LogP contribution in [0.4, 0.5) is 0 Å². The first-order valence-electron chi connectivity index (χ1n) is 9.78. The molecule has 0 saturated heterocycles. The maximum Gasteiger partial charge on any atom is 0.242 e. The van der Waals surface area contributed by atoms with E-state index in [-0.39, 0.29) is 18.2 Å². The Balaban J connectivity index is 2.18. The van der Waals surface area contributed by atoms with Gasteiger partial charge in [0.1, 0.15) is 6.04 Å². The van der Waals surface area contributed by atoms with Crippen molar-refractivity contribution in [1.29, 1.82) is 0 Å². The first-order chi connectivity index (χ1) is 13.4. The normalized spacial score (nSPS) is 11.7. The minimum Gasteiger partial charge on any atom is -0.354 e. The predicted molar refractivity (Wildman–Crippen MR) is 114 cm³/mol. The Bertz CT molecular complexity index is 807. The maximum atomic E-state index is 13.1. The molecule has 0 aliphatic heterocycles. The van der Waals surface area contributed by atoms with Crippen molar-refractivity contribution in [2.75, 3.05) is 6.54 Å². The van der Waals surface area contributed by atoms with Crippen LogP contribution >= 0.6 is 11.6 Å². The van der Waals surface area contributed by atoms with Crippen molar-refractivity contribution in [3.05, 3.63) is 70.2 Å². The molecule has 0 fully saturated rings. The number of rotatable bonds is 9. The van der Waals surface area contributed by atoms with E-state index in [1.807, 2.05) is 49.4 Å². The van der Waals surface area contributed by atoms with Crippen molar-refractivity contribution in [3.63, 3.8) is 0 Å². The molecule has 2 aromatic carbocycles. The summed E-state index contributed by atoms with van der Waals surface area (Å²) in [6.45, 7) is 6.82. The third kappa shape index (κ3) is 6.68. The molecule has 150 valence electrons. The molecule has 1 N–H and O–H groups in total. The van der Waals surface area contributed by atoms with E-state index in [0.29, 0.717) is 18.1 Å². The van der Waals surface area contributed by atoms with E-state index in [1.54, 1.807) is 17.9 Å². The predicted octanol–water partition coefficient (Wildman–Crippen LogP) is 4.52. The molecule has 28 heavy (non-hydrogen) atoms. The summed E-state index contributed by atoms with van der Waals surface area (Å²) in [4.78, 5) is 27.3. The topological polar surface area (TPSA) is 49.4 Å². The summed E-state index contributed by atoms with van der Waals surface area (Å²) in [7, 11) is 0. The lowest BCUT2D eigenvalue weighted by atomic mass is 10.1. The molecule has 0 heterocycles. The van der Waals surface area contributed by atoms with Gasteiger partial charge in [-0.2, -0.15) is 0 Å². The summed E-state index contributed by atoms with van der Waals surface area (Å²) in [5, 5.41) is 3.54. The molecule has 2 aromatic rings. The zero-order chi connectivity index (χ0) is 20.5. The quantitative estimate of drug-likeness (QED) is 0.629. The average molecular weight is 401 g/mol. The Labute approximate surface area is 172 Å². The number of carbonyl (C=O) groups excluding carboxylic acids is 2.